The van der Waals surface area contributed by atoms with Crippen LogP contribution in [0.15, 0.2) is 24.5 Å². The van der Waals surface area contributed by atoms with E-state index >= 15 is 0 Å². The highest BCUT2D eigenvalue weighted by atomic mass is 15.4. The number of pyridine rings is 1. The molecule has 0 amide bonds. The Kier molecular flexibility index (Phi) is 1.81. The van der Waals surface area contributed by atoms with Gasteiger partial charge in [0.25, 0.3) is 0 Å². The Morgan fingerprint density at radius 2 is 2.08 bits per heavy atom. The number of aromatic nitrogens is 4. The van der Waals surface area contributed by atoms with Gasteiger partial charge < -0.3 is 0 Å². The molecule has 2 aromatic rings. The summed E-state index contributed by atoms with van der Waals surface area (Å²) in [5, 5.41) is 7.65. The van der Waals surface area contributed by atoms with Crippen LogP contribution in [0.25, 0.3) is 5.69 Å². The van der Waals surface area contributed by atoms with Crippen LogP contribution in [0.5, 0.6) is 0 Å². The van der Waals surface area contributed by atoms with Crippen molar-refractivity contribution in [3.63, 3.8) is 0 Å². The summed E-state index contributed by atoms with van der Waals surface area (Å²) in [5.41, 5.74) is 2.95. The molecule has 0 spiro atoms. The molecule has 2 aromatic heterocycles. The van der Waals surface area contributed by atoms with Crippen molar-refractivity contribution in [2.45, 2.75) is 13.8 Å². The molecule has 0 saturated carbocycles. The molecule has 0 saturated heterocycles. The van der Waals surface area contributed by atoms with Crippen molar-refractivity contribution in [2.75, 3.05) is 0 Å². The van der Waals surface area contributed by atoms with Gasteiger partial charge >= 0.3 is 0 Å². The van der Waals surface area contributed by atoms with Gasteiger partial charge in [-0.3, -0.25) is 4.98 Å². The summed E-state index contributed by atoms with van der Waals surface area (Å²) < 4.78 is 1.71. The molecule has 0 fully saturated rings. The first-order valence-electron chi connectivity index (χ1n) is 4.08. The molecule has 13 heavy (non-hydrogen) atoms. The molecule has 4 nitrogen and oxygen atoms in total. The summed E-state index contributed by atoms with van der Waals surface area (Å²) in [5.74, 6) is 0. The second-order valence-electron chi connectivity index (χ2n) is 2.90. The largest absolute Gasteiger partial charge is 0.256 e. The third-order valence-corrected chi connectivity index (χ3v) is 1.87. The maximum atomic E-state index is 4.34. The summed E-state index contributed by atoms with van der Waals surface area (Å²) in [6.07, 6.45) is 3.46. The smallest absolute Gasteiger partial charge is 0.0876 e. The minimum absolute atomic E-state index is 0.963. The van der Waals surface area contributed by atoms with Crippen LogP contribution < -0.4 is 0 Å². The van der Waals surface area contributed by atoms with Crippen LogP contribution in [0.2, 0.25) is 0 Å². The van der Waals surface area contributed by atoms with E-state index in [4.69, 9.17) is 0 Å². The Bertz CT molecular complexity index is 406. The molecule has 2 heterocycles. The normalized spacial score (nSPS) is 10.3. The molecule has 0 bridgehead atoms. The van der Waals surface area contributed by atoms with E-state index < -0.39 is 0 Å². The lowest BCUT2D eigenvalue weighted by atomic mass is 10.3. The Labute approximate surface area is 76.2 Å². The number of aryl methyl sites for hydroxylation is 2. The summed E-state index contributed by atoms with van der Waals surface area (Å²) in [4.78, 5) is 4.34. The summed E-state index contributed by atoms with van der Waals surface area (Å²) >= 11 is 0. The van der Waals surface area contributed by atoms with E-state index in [2.05, 4.69) is 15.3 Å². The van der Waals surface area contributed by atoms with Crippen LogP contribution in [0, 0.1) is 13.8 Å². The zero-order chi connectivity index (χ0) is 9.26. The standard InChI is InChI=1S/C9H10N4/c1-7-3-4-9(8(2)11-7)13-6-5-10-12-13/h3-6H,1-2H3. The highest BCUT2D eigenvalue weighted by Crippen LogP contribution is 2.09. The molecular formula is C9H10N4. The number of nitrogens with zero attached hydrogens (tertiary/aromatic N) is 4. The SMILES string of the molecule is Cc1ccc(-n2ccnn2)c(C)n1. The second kappa shape index (κ2) is 2.97. The minimum Gasteiger partial charge on any atom is -0.256 e. The van der Waals surface area contributed by atoms with E-state index in [0.29, 0.717) is 0 Å². The molecule has 0 aliphatic heterocycles. The average molecular weight is 174 g/mol. The highest BCUT2D eigenvalue weighted by Gasteiger charge is 2.01. The van der Waals surface area contributed by atoms with E-state index in [0.717, 1.165) is 17.1 Å². The maximum absolute atomic E-state index is 4.34. The van der Waals surface area contributed by atoms with Crippen molar-refractivity contribution in [3.8, 4) is 5.69 Å². The van der Waals surface area contributed by atoms with Crippen molar-refractivity contribution >= 4 is 0 Å². The van der Waals surface area contributed by atoms with E-state index in [-0.39, 0.29) is 0 Å². The lowest BCUT2D eigenvalue weighted by Gasteiger charge is -2.03. The van der Waals surface area contributed by atoms with Crippen molar-refractivity contribution in [1.29, 1.82) is 0 Å². The van der Waals surface area contributed by atoms with Gasteiger partial charge in [0.05, 0.1) is 23.8 Å². The fourth-order valence-electron chi connectivity index (χ4n) is 1.26. The van der Waals surface area contributed by atoms with Crippen molar-refractivity contribution in [3.05, 3.63) is 35.9 Å². The zero-order valence-corrected chi connectivity index (χ0v) is 7.60. The minimum atomic E-state index is 0.963. The maximum Gasteiger partial charge on any atom is 0.0876 e. The molecule has 0 atom stereocenters. The van der Waals surface area contributed by atoms with Gasteiger partial charge in [-0.05, 0) is 26.0 Å². The van der Waals surface area contributed by atoms with E-state index in [1.165, 1.54) is 0 Å². The molecule has 0 aliphatic carbocycles. The predicted octanol–water partition coefficient (Wildman–Crippen LogP) is 1.28. The first kappa shape index (κ1) is 7.91. The molecule has 0 radical (unpaired) electrons. The van der Waals surface area contributed by atoms with Crippen LogP contribution in [-0.4, -0.2) is 20.0 Å². The average Bonchev–Trinajstić information content (AvgIpc) is 2.56. The highest BCUT2D eigenvalue weighted by molar-refractivity contribution is 5.35. The van der Waals surface area contributed by atoms with E-state index in [9.17, 15) is 0 Å². The van der Waals surface area contributed by atoms with Gasteiger partial charge in [0.15, 0.2) is 0 Å². The van der Waals surface area contributed by atoms with Crippen LogP contribution in [0.1, 0.15) is 11.4 Å². The molecular weight excluding hydrogens is 164 g/mol. The Hall–Kier alpha value is -1.71. The van der Waals surface area contributed by atoms with Crippen molar-refractivity contribution in [1.82, 2.24) is 20.0 Å². The third-order valence-electron chi connectivity index (χ3n) is 1.87. The molecule has 2 rings (SSSR count). The van der Waals surface area contributed by atoms with Crippen LogP contribution in [0.3, 0.4) is 0 Å². The van der Waals surface area contributed by atoms with Gasteiger partial charge in [-0.15, -0.1) is 5.10 Å². The van der Waals surface area contributed by atoms with Crippen molar-refractivity contribution in [2.24, 2.45) is 0 Å². The van der Waals surface area contributed by atoms with Gasteiger partial charge in [-0.1, -0.05) is 5.21 Å². The monoisotopic (exact) mass is 174 g/mol. The summed E-state index contributed by atoms with van der Waals surface area (Å²) in [7, 11) is 0. The lowest BCUT2D eigenvalue weighted by Crippen LogP contribution is -2.00. The molecule has 66 valence electrons. The molecule has 0 aromatic carbocycles. The van der Waals surface area contributed by atoms with Crippen LogP contribution >= 0.6 is 0 Å². The van der Waals surface area contributed by atoms with Gasteiger partial charge in [-0.2, -0.15) is 0 Å². The van der Waals surface area contributed by atoms with Gasteiger partial charge in [0.1, 0.15) is 0 Å². The van der Waals surface area contributed by atoms with Crippen LogP contribution in [0.4, 0.5) is 0 Å². The Morgan fingerprint density at radius 1 is 1.23 bits per heavy atom. The number of hydrogen-bond donors (Lipinski definition) is 0. The Morgan fingerprint density at radius 3 is 2.69 bits per heavy atom. The number of rotatable bonds is 1. The van der Waals surface area contributed by atoms with Crippen LogP contribution in [-0.2, 0) is 0 Å². The van der Waals surface area contributed by atoms with Gasteiger partial charge in [0, 0.05) is 5.69 Å². The fourth-order valence-corrected chi connectivity index (χ4v) is 1.26. The van der Waals surface area contributed by atoms with Crippen molar-refractivity contribution < 1.29 is 0 Å². The number of hydrogen-bond acceptors (Lipinski definition) is 3. The third kappa shape index (κ3) is 1.42. The van der Waals surface area contributed by atoms with Gasteiger partial charge in [0.2, 0.25) is 0 Å². The molecule has 4 heteroatoms. The predicted molar refractivity (Wildman–Crippen MR) is 48.6 cm³/mol. The quantitative estimate of drug-likeness (QED) is 0.654. The first-order valence-corrected chi connectivity index (χ1v) is 4.08. The first-order chi connectivity index (χ1) is 6.27. The molecule has 0 unspecified atom stereocenters. The topological polar surface area (TPSA) is 43.6 Å². The van der Waals surface area contributed by atoms with E-state index in [1.54, 1.807) is 17.1 Å². The van der Waals surface area contributed by atoms with E-state index in [1.807, 2.05) is 26.0 Å². The van der Waals surface area contributed by atoms with Gasteiger partial charge in [-0.25, -0.2) is 4.68 Å². The Balaban J connectivity index is 2.53. The summed E-state index contributed by atoms with van der Waals surface area (Å²) in [6, 6.07) is 3.95. The molecule has 0 N–H and O–H groups in total. The molecule has 0 aliphatic rings. The summed E-state index contributed by atoms with van der Waals surface area (Å²) in [6.45, 7) is 3.93. The second-order valence-corrected chi connectivity index (χ2v) is 2.90. The lowest BCUT2D eigenvalue weighted by molar-refractivity contribution is 0.791. The zero-order valence-electron chi connectivity index (χ0n) is 7.60. The fraction of sp³-hybridized carbons (Fsp3) is 0.222.